The van der Waals surface area contributed by atoms with Crippen LogP contribution in [0.15, 0.2) is 35.4 Å². The summed E-state index contributed by atoms with van der Waals surface area (Å²) in [4.78, 5) is 14.7. The fraction of sp³-hybridized carbons (Fsp3) is 0.200. The summed E-state index contributed by atoms with van der Waals surface area (Å²) in [5.74, 6) is -1.22. The first-order valence-corrected chi connectivity index (χ1v) is 7.99. The van der Waals surface area contributed by atoms with Gasteiger partial charge in [0.2, 0.25) is 0 Å². The minimum absolute atomic E-state index is 0.159. The molecule has 1 heterocycles. The monoisotopic (exact) mass is 320 g/mol. The number of carboxylic acid groups (broad SMARTS) is 1. The second kappa shape index (κ2) is 5.76. The summed E-state index contributed by atoms with van der Waals surface area (Å²) in [5.41, 5.74) is 2.19. The van der Waals surface area contributed by atoms with E-state index in [-0.39, 0.29) is 16.3 Å². The number of carbonyl (C=O) groups is 1. The Labute approximate surface area is 128 Å². The third kappa shape index (κ3) is 3.25. The number of hydrogen-bond donors (Lipinski definition) is 2. The van der Waals surface area contributed by atoms with Crippen LogP contribution in [0.2, 0.25) is 0 Å². The molecule has 0 fully saturated rings. The number of anilines is 1. The lowest BCUT2D eigenvalue weighted by atomic mass is 10.1. The first-order valence-electron chi connectivity index (χ1n) is 6.51. The van der Waals surface area contributed by atoms with E-state index in [1.165, 1.54) is 18.3 Å². The van der Waals surface area contributed by atoms with Crippen LogP contribution in [0.5, 0.6) is 0 Å². The van der Waals surface area contributed by atoms with Gasteiger partial charge in [0.25, 0.3) is 10.0 Å². The highest BCUT2D eigenvalue weighted by molar-refractivity contribution is 7.92. The van der Waals surface area contributed by atoms with Gasteiger partial charge < -0.3 is 5.11 Å². The van der Waals surface area contributed by atoms with Gasteiger partial charge in [0, 0.05) is 6.20 Å². The Balaban J connectivity index is 2.45. The number of hydrogen-bond acceptors (Lipinski definition) is 4. The molecule has 116 valence electrons. The molecule has 7 heteroatoms. The van der Waals surface area contributed by atoms with E-state index in [0.29, 0.717) is 11.1 Å². The van der Waals surface area contributed by atoms with Crippen molar-refractivity contribution in [2.75, 3.05) is 4.72 Å². The molecule has 0 atom stereocenters. The summed E-state index contributed by atoms with van der Waals surface area (Å²) in [5, 5.41) is 8.90. The quantitative estimate of drug-likeness (QED) is 0.902. The average molecular weight is 320 g/mol. The van der Waals surface area contributed by atoms with E-state index >= 15 is 0 Å². The number of carboxylic acids is 1. The van der Waals surface area contributed by atoms with Crippen molar-refractivity contribution >= 4 is 21.7 Å². The highest BCUT2D eigenvalue weighted by Gasteiger charge is 2.20. The molecular formula is C15H16N2O4S. The third-order valence-electron chi connectivity index (χ3n) is 3.10. The van der Waals surface area contributed by atoms with Crippen molar-refractivity contribution in [1.29, 1.82) is 0 Å². The van der Waals surface area contributed by atoms with Crippen molar-refractivity contribution in [2.24, 2.45) is 0 Å². The van der Waals surface area contributed by atoms with Crippen LogP contribution < -0.4 is 4.72 Å². The highest BCUT2D eigenvalue weighted by Crippen LogP contribution is 2.24. The summed E-state index contributed by atoms with van der Waals surface area (Å²) in [6, 6.07) is 6.16. The lowest BCUT2D eigenvalue weighted by Crippen LogP contribution is -2.16. The molecule has 6 nitrogen and oxygen atoms in total. The first-order chi connectivity index (χ1) is 10.2. The number of benzene rings is 1. The smallest absolute Gasteiger partial charge is 0.354 e. The normalized spacial score (nSPS) is 11.2. The summed E-state index contributed by atoms with van der Waals surface area (Å²) in [6.45, 7) is 5.35. The Kier molecular flexibility index (Phi) is 4.18. The van der Waals surface area contributed by atoms with E-state index in [2.05, 4.69) is 9.71 Å². The average Bonchev–Trinajstić information content (AvgIpc) is 2.36. The maximum absolute atomic E-state index is 12.6. The molecule has 1 aromatic carbocycles. The van der Waals surface area contributed by atoms with Crippen molar-refractivity contribution in [3.8, 4) is 0 Å². The number of nitrogens with zero attached hydrogens (tertiary/aromatic N) is 1. The van der Waals surface area contributed by atoms with Crippen LogP contribution in [-0.2, 0) is 10.0 Å². The number of sulfonamides is 1. The molecule has 2 rings (SSSR count). The highest BCUT2D eigenvalue weighted by atomic mass is 32.2. The molecule has 0 saturated carbocycles. The third-order valence-corrected chi connectivity index (χ3v) is 4.79. The zero-order valence-corrected chi connectivity index (χ0v) is 13.2. The molecule has 0 aliphatic carbocycles. The van der Waals surface area contributed by atoms with Gasteiger partial charge in [-0.3, -0.25) is 4.72 Å². The van der Waals surface area contributed by atoms with Gasteiger partial charge in [-0.05, 0) is 44.0 Å². The maximum atomic E-state index is 12.6. The molecule has 0 aliphatic heterocycles. The molecule has 0 aliphatic rings. The van der Waals surface area contributed by atoms with Crippen LogP contribution in [0.25, 0.3) is 0 Å². The van der Waals surface area contributed by atoms with Gasteiger partial charge in [-0.15, -0.1) is 0 Å². The zero-order chi connectivity index (χ0) is 16.5. The van der Waals surface area contributed by atoms with Crippen LogP contribution in [0.4, 0.5) is 5.69 Å². The van der Waals surface area contributed by atoms with Crippen molar-refractivity contribution in [2.45, 2.75) is 25.7 Å². The number of aryl methyl sites for hydroxylation is 3. The summed E-state index contributed by atoms with van der Waals surface area (Å²) < 4.78 is 27.5. The molecule has 0 saturated heterocycles. The van der Waals surface area contributed by atoms with Gasteiger partial charge in [0.15, 0.2) is 0 Å². The second-order valence-corrected chi connectivity index (χ2v) is 6.69. The van der Waals surface area contributed by atoms with Crippen molar-refractivity contribution in [3.05, 3.63) is 52.8 Å². The minimum atomic E-state index is -3.80. The van der Waals surface area contributed by atoms with E-state index in [1.807, 2.05) is 6.92 Å². The predicted molar refractivity (Wildman–Crippen MR) is 82.7 cm³/mol. The van der Waals surface area contributed by atoms with Crippen LogP contribution in [0.3, 0.4) is 0 Å². The van der Waals surface area contributed by atoms with E-state index in [4.69, 9.17) is 5.11 Å². The lowest BCUT2D eigenvalue weighted by molar-refractivity contribution is 0.0690. The summed E-state index contributed by atoms with van der Waals surface area (Å²) >= 11 is 0. The Hall–Kier alpha value is -2.41. The van der Waals surface area contributed by atoms with Crippen molar-refractivity contribution in [3.63, 3.8) is 0 Å². The van der Waals surface area contributed by atoms with E-state index in [0.717, 1.165) is 5.56 Å². The fourth-order valence-electron chi connectivity index (χ4n) is 2.41. The molecule has 0 bridgehead atoms. The van der Waals surface area contributed by atoms with Crippen LogP contribution in [-0.4, -0.2) is 24.5 Å². The van der Waals surface area contributed by atoms with Gasteiger partial charge in [-0.1, -0.05) is 17.7 Å². The van der Waals surface area contributed by atoms with Crippen LogP contribution >= 0.6 is 0 Å². The summed E-state index contributed by atoms with van der Waals surface area (Å²) in [6.07, 6.45) is 1.25. The molecule has 0 amide bonds. The lowest BCUT2D eigenvalue weighted by Gasteiger charge is -2.14. The molecule has 2 aromatic rings. The Morgan fingerprint density at radius 1 is 1.14 bits per heavy atom. The van der Waals surface area contributed by atoms with E-state index in [1.54, 1.807) is 26.0 Å². The molecule has 2 N–H and O–H groups in total. The Morgan fingerprint density at radius 3 is 2.27 bits per heavy atom. The van der Waals surface area contributed by atoms with Gasteiger partial charge in [-0.2, -0.15) is 0 Å². The molecular weight excluding hydrogens is 304 g/mol. The largest absolute Gasteiger partial charge is 0.477 e. The van der Waals surface area contributed by atoms with Crippen molar-refractivity contribution in [1.82, 2.24) is 4.98 Å². The minimum Gasteiger partial charge on any atom is -0.477 e. The number of aromatic carboxylic acids is 1. The van der Waals surface area contributed by atoms with Gasteiger partial charge >= 0.3 is 5.97 Å². The maximum Gasteiger partial charge on any atom is 0.354 e. The van der Waals surface area contributed by atoms with Crippen LogP contribution in [0.1, 0.15) is 27.2 Å². The molecule has 0 radical (unpaired) electrons. The number of rotatable bonds is 4. The van der Waals surface area contributed by atoms with Crippen molar-refractivity contribution < 1.29 is 18.3 Å². The SMILES string of the molecule is Cc1cc(C)c(S(=O)(=O)Nc2ccnc(C(=O)O)c2)c(C)c1. The topological polar surface area (TPSA) is 96.4 Å². The predicted octanol–water partition coefficient (Wildman–Crippen LogP) is 2.51. The summed E-state index contributed by atoms with van der Waals surface area (Å²) in [7, 11) is -3.80. The Morgan fingerprint density at radius 2 is 1.73 bits per heavy atom. The van der Waals surface area contributed by atoms with Gasteiger partial charge in [-0.25, -0.2) is 18.2 Å². The number of pyridine rings is 1. The number of nitrogens with one attached hydrogen (secondary N) is 1. The van der Waals surface area contributed by atoms with Gasteiger partial charge in [0.05, 0.1) is 10.6 Å². The standard InChI is InChI=1S/C15H16N2O4S/c1-9-6-10(2)14(11(3)7-9)22(20,21)17-12-4-5-16-13(8-12)15(18)19/h4-8H,1-3H3,(H,16,17)(H,18,19). The van der Waals surface area contributed by atoms with Crippen LogP contribution in [0, 0.1) is 20.8 Å². The molecule has 0 unspecified atom stereocenters. The van der Waals surface area contributed by atoms with E-state index < -0.39 is 16.0 Å². The fourth-order valence-corrected chi connectivity index (χ4v) is 3.91. The van der Waals surface area contributed by atoms with E-state index in [9.17, 15) is 13.2 Å². The van der Waals surface area contributed by atoms with Gasteiger partial charge in [0.1, 0.15) is 5.69 Å². The Bertz CT molecular complexity index is 821. The first kappa shape index (κ1) is 16.0. The molecule has 1 aromatic heterocycles. The molecule has 0 spiro atoms. The second-order valence-electron chi connectivity index (χ2n) is 5.07. The molecule has 22 heavy (non-hydrogen) atoms. The number of aromatic nitrogens is 1. The zero-order valence-electron chi connectivity index (χ0n) is 12.4.